The lowest BCUT2D eigenvalue weighted by Gasteiger charge is -2.39. The number of hydrogen-bond donors (Lipinski definition) is 0. The number of rotatable bonds is 7. The fourth-order valence-electron chi connectivity index (χ4n) is 4.98. The highest BCUT2D eigenvalue weighted by molar-refractivity contribution is 5.86. The predicted molar refractivity (Wildman–Crippen MR) is 155 cm³/mol. The van der Waals surface area contributed by atoms with E-state index in [-0.39, 0.29) is 30.4 Å². The monoisotopic (exact) mass is 553 g/mol. The predicted octanol–water partition coefficient (Wildman–Crippen LogP) is 6.30. The Bertz CT molecular complexity index is 1480. The third-order valence-electron chi connectivity index (χ3n) is 7.04. The van der Waals surface area contributed by atoms with E-state index in [2.05, 4.69) is 40.3 Å². The molecule has 8 nitrogen and oxygen atoms in total. The van der Waals surface area contributed by atoms with Crippen molar-refractivity contribution in [3.8, 4) is 0 Å². The Morgan fingerprint density at radius 2 is 1.68 bits per heavy atom. The van der Waals surface area contributed by atoms with Crippen LogP contribution in [0.3, 0.4) is 0 Å². The highest BCUT2D eigenvalue weighted by Gasteiger charge is 2.35. The normalized spacial score (nSPS) is 17.3. The molecule has 212 valence electrons. The number of benzene rings is 3. The summed E-state index contributed by atoms with van der Waals surface area (Å²) in [5.41, 5.74) is 2.67. The zero-order valence-electron chi connectivity index (χ0n) is 23.7. The van der Waals surface area contributed by atoms with Crippen LogP contribution in [-0.4, -0.2) is 51.7 Å². The van der Waals surface area contributed by atoms with Crippen LogP contribution in [0.1, 0.15) is 60.3 Å². The molecule has 4 aromatic rings. The maximum atomic E-state index is 12.9. The summed E-state index contributed by atoms with van der Waals surface area (Å²) < 4.78 is 17.6. The SMILES string of the molecule is CC(C)(C)OC(=O)N1CCC(c2ccc(COC(=O)c3cnccn3)cc2)C(OCc2ccc3ccccc3c2)C1. The maximum Gasteiger partial charge on any atom is 0.410 e. The average molecular weight is 554 g/mol. The van der Waals surface area contributed by atoms with Gasteiger partial charge in [0.2, 0.25) is 0 Å². The van der Waals surface area contributed by atoms with Gasteiger partial charge < -0.3 is 19.1 Å². The smallest absolute Gasteiger partial charge is 0.410 e. The number of nitrogens with zero attached hydrogens (tertiary/aromatic N) is 3. The third kappa shape index (κ3) is 7.46. The van der Waals surface area contributed by atoms with Crippen molar-refractivity contribution in [2.24, 2.45) is 0 Å². The third-order valence-corrected chi connectivity index (χ3v) is 7.04. The van der Waals surface area contributed by atoms with Crippen LogP contribution < -0.4 is 0 Å². The zero-order valence-corrected chi connectivity index (χ0v) is 23.7. The topological polar surface area (TPSA) is 90.8 Å². The van der Waals surface area contributed by atoms with Crippen LogP contribution in [0, 0.1) is 0 Å². The molecule has 41 heavy (non-hydrogen) atoms. The number of fused-ring (bicyclic) bond motifs is 1. The molecule has 0 bridgehead atoms. The fourth-order valence-corrected chi connectivity index (χ4v) is 4.98. The van der Waals surface area contributed by atoms with Gasteiger partial charge in [-0.15, -0.1) is 0 Å². The first-order valence-corrected chi connectivity index (χ1v) is 13.8. The molecule has 2 heterocycles. The van der Waals surface area contributed by atoms with E-state index in [1.54, 1.807) is 4.90 Å². The van der Waals surface area contributed by atoms with Gasteiger partial charge in [0.15, 0.2) is 5.69 Å². The van der Waals surface area contributed by atoms with Crippen molar-refractivity contribution in [1.82, 2.24) is 14.9 Å². The molecule has 0 saturated carbocycles. The van der Waals surface area contributed by atoms with Gasteiger partial charge in [0, 0.05) is 24.9 Å². The Morgan fingerprint density at radius 1 is 0.927 bits per heavy atom. The first kappa shape index (κ1) is 28.2. The van der Waals surface area contributed by atoms with E-state index in [0.717, 1.165) is 23.1 Å². The van der Waals surface area contributed by atoms with Crippen molar-refractivity contribution in [3.05, 3.63) is 108 Å². The number of likely N-dealkylation sites (tertiary alicyclic amines) is 1. The lowest BCUT2D eigenvalue weighted by atomic mass is 9.86. The summed E-state index contributed by atoms with van der Waals surface area (Å²) in [4.78, 5) is 34.7. The molecule has 8 heteroatoms. The summed E-state index contributed by atoms with van der Waals surface area (Å²) >= 11 is 0. The molecule has 2 atom stereocenters. The summed E-state index contributed by atoms with van der Waals surface area (Å²) in [5.74, 6) is -0.427. The molecule has 1 amide bonds. The first-order chi connectivity index (χ1) is 19.7. The Kier molecular flexibility index (Phi) is 8.59. The van der Waals surface area contributed by atoms with Crippen molar-refractivity contribution < 1.29 is 23.8 Å². The molecule has 2 unspecified atom stereocenters. The standard InChI is InChI=1S/C33H35N3O5/c1-33(2,3)41-32(38)36-17-14-28(30(20-36)39-22-24-10-11-25-6-4-5-7-27(25)18-24)26-12-8-23(9-13-26)21-40-31(37)29-19-34-15-16-35-29/h4-13,15-16,18-19,28,30H,14,17,20-22H2,1-3H3. The van der Waals surface area contributed by atoms with Crippen LogP contribution in [0.2, 0.25) is 0 Å². The van der Waals surface area contributed by atoms with Crippen LogP contribution in [0.5, 0.6) is 0 Å². The van der Waals surface area contributed by atoms with Gasteiger partial charge in [-0.1, -0.05) is 60.7 Å². The highest BCUT2D eigenvalue weighted by Crippen LogP contribution is 2.32. The van der Waals surface area contributed by atoms with Crippen molar-refractivity contribution >= 4 is 22.8 Å². The van der Waals surface area contributed by atoms with Crippen molar-refractivity contribution in [3.63, 3.8) is 0 Å². The van der Waals surface area contributed by atoms with Gasteiger partial charge in [-0.2, -0.15) is 0 Å². The van der Waals surface area contributed by atoms with E-state index >= 15 is 0 Å². The lowest BCUT2D eigenvalue weighted by Crippen LogP contribution is -2.48. The quantitative estimate of drug-likeness (QED) is 0.248. The summed E-state index contributed by atoms with van der Waals surface area (Å²) in [6.45, 7) is 7.20. The second kappa shape index (κ2) is 12.5. The summed E-state index contributed by atoms with van der Waals surface area (Å²) in [5, 5.41) is 2.35. The van der Waals surface area contributed by atoms with E-state index in [9.17, 15) is 9.59 Å². The molecule has 5 rings (SSSR count). The second-order valence-electron chi connectivity index (χ2n) is 11.3. The lowest BCUT2D eigenvalue weighted by molar-refractivity contribution is -0.0359. The minimum absolute atomic E-state index is 0.0883. The van der Waals surface area contributed by atoms with Gasteiger partial charge in [0.25, 0.3) is 0 Å². The molecule has 1 aliphatic heterocycles. The first-order valence-electron chi connectivity index (χ1n) is 13.8. The minimum Gasteiger partial charge on any atom is -0.456 e. The molecule has 0 radical (unpaired) electrons. The number of hydrogen-bond acceptors (Lipinski definition) is 7. The van der Waals surface area contributed by atoms with Crippen LogP contribution >= 0.6 is 0 Å². The summed E-state index contributed by atoms with van der Waals surface area (Å²) in [6.07, 6.45) is 4.54. The molecule has 1 fully saturated rings. The number of piperidine rings is 1. The molecule has 3 aromatic carbocycles. The largest absolute Gasteiger partial charge is 0.456 e. The van der Waals surface area contributed by atoms with E-state index in [0.29, 0.717) is 19.7 Å². The molecule has 0 aliphatic carbocycles. The summed E-state index contributed by atoms with van der Waals surface area (Å²) in [7, 11) is 0. The average Bonchev–Trinajstić information content (AvgIpc) is 2.98. The maximum absolute atomic E-state index is 12.9. The number of aromatic nitrogens is 2. The second-order valence-corrected chi connectivity index (χ2v) is 11.3. The summed E-state index contributed by atoms with van der Waals surface area (Å²) in [6, 6.07) is 22.6. The van der Waals surface area contributed by atoms with Crippen LogP contribution in [0.25, 0.3) is 10.8 Å². The van der Waals surface area contributed by atoms with Crippen molar-refractivity contribution in [2.45, 2.75) is 58.0 Å². The molecular formula is C33H35N3O5. The van der Waals surface area contributed by atoms with Gasteiger partial charge in [0.1, 0.15) is 12.2 Å². The van der Waals surface area contributed by atoms with Gasteiger partial charge >= 0.3 is 12.1 Å². The van der Waals surface area contributed by atoms with Gasteiger partial charge in [0.05, 0.1) is 25.5 Å². The molecule has 1 aromatic heterocycles. The van der Waals surface area contributed by atoms with E-state index in [1.807, 2.05) is 57.2 Å². The van der Waals surface area contributed by atoms with Crippen LogP contribution in [0.4, 0.5) is 4.79 Å². The van der Waals surface area contributed by atoms with Crippen molar-refractivity contribution in [1.29, 1.82) is 0 Å². The number of carbonyl (C=O) groups excluding carboxylic acids is 2. The Morgan fingerprint density at radius 3 is 2.41 bits per heavy atom. The Labute approximate surface area is 240 Å². The highest BCUT2D eigenvalue weighted by atomic mass is 16.6. The molecule has 0 N–H and O–H groups in total. The van der Waals surface area contributed by atoms with Crippen molar-refractivity contribution in [2.75, 3.05) is 13.1 Å². The Balaban J connectivity index is 1.28. The number of amides is 1. The minimum atomic E-state index is -0.568. The molecule has 0 spiro atoms. The van der Waals surface area contributed by atoms with Gasteiger partial charge in [-0.05, 0) is 60.7 Å². The van der Waals surface area contributed by atoms with Crippen LogP contribution in [-0.2, 0) is 27.4 Å². The number of ether oxygens (including phenoxy) is 3. The fraction of sp³-hybridized carbons (Fsp3) is 0.333. The number of esters is 1. The molecule has 1 saturated heterocycles. The van der Waals surface area contributed by atoms with E-state index in [4.69, 9.17) is 14.2 Å². The van der Waals surface area contributed by atoms with Crippen LogP contribution in [0.15, 0.2) is 85.3 Å². The van der Waals surface area contributed by atoms with E-state index in [1.165, 1.54) is 29.4 Å². The van der Waals surface area contributed by atoms with Gasteiger partial charge in [-0.25, -0.2) is 14.6 Å². The van der Waals surface area contributed by atoms with Gasteiger partial charge in [-0.3, -0.25) is 4.98 Å². The van der Waals surface area contributed by atoms with E-state index < -0.39 is 11.6 Å². The molecule has 1 aliphatic rings. The zero-order chi connectivity index (χ0) is 28.8. The number of carbonyl (C=O) groups is 2. The Hall–Kier alpha value is -4.30. The molecular weight excluding hydrogens is 518 g/mol.